The lowest BCUT2D eigenvalue weighted by molar-refractivity contribution is -0.173. The summed E-state index contributed by atoms with van der Waals surface area (Å²) in [6.45, 7) is -0.832. The summed E-state index contributed by atoms with van der Waals surface area (Å²) in [6.07, 6.45) is -0.501. The van der Waals surface area contributed by atoms with E-state index in [0.29, 0.717) is 12.3 Å². The summed E-state index contributed by atoms with van der Waals surface area (Å²) >= 11 is 0. The van der Waals surface area contributed by atoms with Crippen LogP contribution in [0.15, 0.2) is 0 Å². The largest absolute Gasteiger partial charge is 0.411 e. The van der Waals surface area contributed by atoms with Crippen LogP contribution in [-0.4, -0.2) is 49.7 Å². The molecule has 2 amide bonds. The summed E-state index contributed by atoms with van der Waals surface area (Å²) in [7, 11) is 0. The molecule has 0 aromatic heterocycles. The molecule has 3 N–H and O–H groups in total. The molecule has 124 valence electrons. The van der Waals surface area contributed by atoms with Crippen molar-refractivity contribution in [2.75, 3.05) is 26.4 Å². The van der Waals surface area contributed by atoms with E-state index < -0.39 is 12.8 Å². The van der Waals surface area contributed by atoms with Gasteiger partial charge in [0.2, 0.25) is 0 Å². The molecule has 0 saturated heterocycles. The number of rotatable bonds is 7. The molecule has 0 aromatic carbocycles. The van der Waals surface area contributed by atoms with Gasteiger partial charge >= 0.3 is 12.2 Å². The predicted molar refractivity (Wildman–Crippen MR) is 70.9 cm³/mol. The molecule has 1 rings (SSSR count). The molecule has 1 aliphatic carbocycles. The molecule has 0 unspecified atom stereocenters. The van der Waals surface area contributed by atoms with Crippen LogP contribution < -0.4 is 10.6 Å². The third kappa shape index (κ3) is 8.77. The molecule has 1 fully saturated rings. The van der Waals surface area contributed by atoms with Crippen LogP contribution in [0.25, 0.3) is 0 Å². The van der Waals surface area contributed by atoms with Crippen molar-refractivity contribution in [3.05, 3.63) is 0 Å². The Labute approximate surface area is 122 Å². The Hall–Kier alpha value is -1.02. The quantitative estimate of drug-likeness (QED) is 0.628. The van der Waals surface area contributed by atoms with Gasteiger partial charge in [-0.3, -0.25) is 0 Å². The number of hydrogen-bond donors (Lipinski definition) is 3. The van der Waals surface area contributed by atoms with Crippen molar-refractivity contribution in [3.8, 4) is 0 Å². The van der Waals surface area contributed by atoms with Crippen molar-refractivity contribution in [1.82, 2.24) is 10.6 Å². The predicted octanol–water partition coefficient (Wildman–Crippen LogP) is 1.81. The van der Waals surface area contributed by atoms with Crippen LogP contribution in [0.5, 0.6) is 0 Å². The van der Waals surface area contributed by atoms with Crippen LogP contribution in [0, 0.1) is 5.92 Å². The number of carbonyl (C=O) groups is 1. The van der Waals surface area contributed by atoms with Gasteiger partial charge in [-0.2, -0.15) is 13.2 Å². The van der Waals surface area contributed by atoms with Gasteiger partial charge in [-0.15, -0.1) is 0 Å². The van der Waals surface area contributed by atoms with Gasteiger partial charge in [0, 0.05) is 25.8 Å². The summed E-state index contributed by atoms with van der Waals surface area (Å²) in [6, 6.07) is -0.201. The zero-order chi connectivity index (χ0) is 15.7. The monoisotopic (exact) mass is 312 g/mol. The number of aliphatic hydroxyl groups is 1. The lowest BCUT2D eigenvalue weighted by atomic mass is 9.87. The van der Waals surface area contributed by atoms with Crippen molar-refractivity contribution < 1.29 is 27.8 Å². The smallest absolute Gasteiger partial charge is 0.396 e. The minimum Gasteiger partial charge on any atom is -0.396 e. The number of halogens is 3. The molecular weight excluding hydrogens is 289 g/mol. The van der Waals surface area contributed by atoms with Crippen molar-refractivity contribution in [2.45, 2.75) is 44.3 Å². The second-order valence-corrected chi connectivity index (χ2v) is 5.32. The number of urea groups is 1. The number of nitrogens with one attached hydrogen (secondary N) is 2. The van der Waals surface area contributed by atoms with E-state index in [-0.39, 0.29) is 31.8 Å². The third-order valence-corrected chi connectivity index (χ3v) is 3.46. The van der Waals surface area contributed by atoms with Gasteiger partial charge < -0.3 is 20.5 Å². The first-order valence-corrected chi connectivity index (χ1v) is 7.20. The fourth-order valence-corrected chi connectivity index (χ4v) is 2.29. The fourth-order valence-electron chi connectivity index (χ4n) is 2.29. The van der Waals surface area contributed by atoms with Crippen LogP contribution >= 0.6 is 0 Å². The molecule has 0 bridgehead atoms. The average molecular weight is 312 g/mol. The van der Waals surface area contributed by atoms with Gasteiger partial charge in [-0.1, -0.05) is 0 Å². The first kappa shape index (κ1) is 18.0. The molecule has 1 aliphatic rings. The summed E-state index contributed by atoms with van der Waals surface area (Å²) in [4.78, 5) is 11.6. The number of hydrogen-bond acceptors (Lipinski definition) is 3. The highest BCUT2D eigenvalue weighted by molar-refractivity contribution is 5.74. The molecule has 0 aliphatic heterocycles. The molecule has 21 heavy (non-hydrogen) atoms. The van der Waals surface area contributed by atoms with Crippen LogP contribution in [0.1, 0.15) is 32.1 Å². The lowest BCUT2D eigenvalue weighted by Crippen LogP contribution is -2.44. The zero-order valence-corrected chi connectivity index (χ0v) is 11.9. The van der Waals surface area contributed by atoms with Gasteiger partial charge in [0.05, 0.1) is 0 Å². The van der Waals surface area contributed by atoms with Crippen LogP contribution in [-0.2, 0) is 4.74 Å². The third-order valence-electron chi connectivity index (χ3n) is 3.46. The second-order valence-electron chi connectivity index (χ2n) is 5.32. The van der Waals surface area contributed by atoms with Gasteiger partial charge in [0.1, 0.15) is 6.61 Å². The molecule has 0 spiro atoms. The van der Waals surface area contributed by atoms with Crippen molar-refractivity contribution in [3.63, 3.8) is 0 Å². The van der Waals surface area contributed by atoms with Crippen molar-refractivity contribution in [1.29, 1.82) is 0 Å². The van der Waals surface area contributed by atoms with E-state index in [1.54, 1.807) is 0 Å². The Kier molecular flexibility index (Phi) is 7.81. The molecule has 5 nitrogen and oxygen atoms in total. The van der Waals surface area contributed by atoms with E-state index in [1.807, 2.05) is 0 Å². The van der Waals surface area contributed by atoms with E-state index in [2.05, 4.69) is 15.4 Å². The standard InChI is InChI=1S/C13H23F3N2O3/c14-13(15,16)9-21-7-1-6-17-12(20)18-11-4-2-10(8-19)3-5-11/h10-11,19H,1-9H2,(H2,17,18,20). The molecule has 1 saturated carbocycles. The van der Waals surface area contributed by atoms with Crippen LogP contribution in [0.2, 0.25) is 0 Å². The summed E-state index contributed by atoms with van der Waals surface area (Å²) < 4.78 is 39.8. The number of ether oxygens (including phenoxy) is 1. The van der Waals surface area contributed by atoms with Gasteiger partial charge in [-0.25, -0.2) is 4.79 Å². The number of aliphatic hydroxyl groups excluding tert-OH is 1. The van der Waals surface area contributed by atoms with Crippen LogP contribution in [0.3, 0.4) is 0 Å². The minimum absolute atomic E-state index is 0.0403. The van der Waals surface area contributed by atoms with Crippen molar-refractivity contribution >= 4 is 6.03 Å². The Morgan fingerprint density at radius 1 is 1.24 bits per heavy atom. The first-order valence-electron chi connectivity index (χ1n) is 7.20. The number of alkyl halides is 3. The Balaban J connectivity index is 1.99. The molecule has 0 heterocycles. The van der Waals surface area contributed by atoms with E-state index in [0.717, 1.165) is 25.7 Å². The van der Waals surface area contributed by atoms with E-state index in [1.165, 1.54) is 0 Å². The molecule has 0 atom stereocenters. The molecule has 0 aromatic rings. The van der Waals surface area contributed by atoms with Gasteiger partial charge in [-0.05, 0) is 38.0 Å². The second kappa shape index (κ2) is 9.09. The topological polar surface area (TPSA) is 70.6 Å². The van der Waals surface area contributed by atoms with E-state index in [4.69, 9.17) is 5.11 Å². The lowest BCUT2D eigenvalue weighted by Gasteiger charge is -2.27. The molecule has 0 radical (unpaired) electrons. The van der Waals surface area contributed by atoms with Crippen molar-refractivity contribution in [2.24, 2.45) is 5.92 Å². The Bertz CT molecular complexity index is 306. The molecule has 8 heteroatoms. The highest BCUT2D eigenvalue weighted by atomic mass is 19.4. The Morgan fingerprint density at radius 3 is 2.48 bits per heavy atom. The first-order chi connectivity index (χ1) is 9.90. The highest BCUT2D eigenvalue weighted by Gasteiger charge is 2.27. The maximum absolute atomic E-state index is 11.8. The normalized spacial score (nSPS) is 22.9. The average Bonchev–Trinajstić information content (AvgIpc) is 2.42. The SMILES string of the molecule is O=C(NCCCOCC(F)(F)F)NC1CCC(CO)CC1. The maximum atomic E-state index is 11.8. The van der Waals surface area contributed by atoms with Gasteiger partial charge in [0.25, 0.3) is 0 Å². The summed E-state index contributed by atoms with van der Waals surface area (Å²) in [5, 5.41) is 14.4. The highest BCUT2D eigenvalue weighted by Crippen LogP contribution is 2.23. The maximum Gasteiger partial charge on any atom is 0.411 e. The summed E-state index contributed by atoms with van der Waals surface area (Å²) in [5.41, 5.74) is 0. The zero-order valence-electron chi connectivity index (χ0n) is 11.9. The van der Waals surface area contributed by atoms with E-state index >= 15 is 0 Å². The Morgan fingerprint density at radius 2 is 1.90 bits per heavy atom. The number of amides is 2. The minimum atomic E-state index is -4.31. The summed E-state index contributed by atoms with van der Waals surface area (Å²) in [5.74, 6) is 0.330. The molecular formula is C13H23F3N2O3. The van der Waals surface area contributed by atoms with Gasteiger partial charge in [0.15, 0.2) is 0 Å². The fraction of sp³-hybridized carbons (Fsp3) is 0.923. The van der Waals surface area contributed by atoms with Crippen LogP contribution in [0.4, 0.5) is 18.0 Å². The van der Waals surface area contributed by atoms with E-state index in [9.17, 15) is 18.0 Å². The number of carbonyl (C=O) groups excluding carboxylic acids is 1.